The molecule has 0 saturated carbocycles. The van der Waals surface area contributed by atoms with E-state index in [0.29, 0.717) is 6.61 Å². The van der Waals surface area contributed by atoms with Gasteiger partial charge in [0.1, 0.15) is 18.3 Å². The van der Waals surface area contributed by atoms with Gasteiger partial charge in [-0.15, -0.1) is 0 Å². The third-order valence-electron chi connectivity index (χ3n) is 4.98. The van der Waals surface area contributed by atoms with E-state index in [9.17, 15) is 5.11 Å². The minimum atomic E-state index is -0.868. The van der Waals surface area contributed by atoms with Crippen molar-refractivity contribution in [2.45, 2.75) is 43.0 Å². The van der Waals surface area contributed by atoms with E-state index in [2.05, 4.69) is 10.6 Å². The smallest absolute Gasteiger partial charge is 0.192 e. The first-order valence-electron chi connectivity index (χ1n) is 8.43. The Hall–Kier alpha value is -1.06. The second-order valence-electron chi connectivity index (χ2n) is 6.44. The van der Waals surface area contributed by atoms with Crippen LogP contribution in [-0.2, 0) is 18.9 Å². The summed E-state index contributed by atoms with van der Waals surface area (Å²) < 4.78 is 23.4. The number of aliphatic hydroxyl groups excluding tert-OH is 1. The largest absolute Gasteiger partial charge is 0.387 e. The van der Waals surface area contributed by atoms with Crippen molar-refractivity contribution >= 4 is 0 Å². The Morgan fingerprint density at radius 1 is 1.17 bits per heavy atom. The molecule has 3 saturated heterocycles. The van der Waals surface area contributed by atoms with Gasteiger partial charge in [-0.05, 0) is 19.5 Å². The molecule has 3 fully saturated rings. The maximum absolute atomic E-state index is 11.1. The molecule has 1 aromatic rings. The lowest BCUT2D eigenvalue weighted by atomic mass is 9.88. The van der Waals surface area contributed by atoms with Gasteiger partial charge in [-0.3, -0.25) is 10.6 Å². The molecule has 5 atom stereocenters. The predicted molar refractivity (Wildman–Crippen MR) is 85.0 cm³/mol. The number of nitrogens with one attached hydrogen (secondary N) is 2. The van der Waals surface area contributed by atoms with Gasteiger partial charge < -0.3 is 24.1 Å². The van der Waals surface area contributed by atoms with Crippen LogP contribution in [-0.4, -0.2) is 62.2 Å². The molecule has 0 radical (unpaired) electrons. The van der Waals surface area contributed by atoms with Gasteiger partial charge >= 0.3 is 0 Å². The fourth-order valence-electron chi connectivity index (χ4n) is 3.75. The molecule has 4 rings (SSSR count). The second kappa shape index (κ2) is 6.68. The first-order chi connectivity index (χ1) is 11.7. The zero-order chi connectivity index (χ0) is 16.6. The minimum absolute atomic E-state index is 0.344. The SMILES string of the molecule is CO[C@@H]1O[C@@H]2COC(c3ccccc3)O[C@H]2[C@H](O)C12NCCCN2. The fourth-order valence-corrected chi connectivity index (χ4v) is 3.75. The Balaban J connectivity index is 1.57. The van der Waals surface area contributed by atoms with Gasteiger partial charge in [0.25, 0.3) is 0 Å². The molecule has 3 heterocycles. The molecule has 1 spiro atoms. The monoisotopic (exact) mass is 336 g/mol. The Bertz CT molecular complexity index is 551. The summed E-state index contributed by atoms with van der Waals surface area (Å²) >= 11 is 0. The highest BCUT2D eigenvalue weighted by molar-refractivity contribution is 5.17. The van der Waals surface area contributed by atoms with E-state index in [1.165, 1.54) is 0 Å². The van der Waals surface area contributed by atoms with Crippen LogP contribution in [0.15, 0.2) is 30.3 Å². The van der Waals surface area contributed by atoms with Gasteiger partial charge in [0.2, 0.25) is 0 Å². The van der Waals surface area contributed by atoms with Crippen molar-refractivity contribution < 1.29 is 24.1 Å². The highest BCUT2D eigenvalue weighted by Crippen LogP contribution is 2.37. The maximum atomic E-state index is 11.1. The molecule has 1 unspecified atom stereocenters. The van der Waals surface area contributed by atoms with Crippen molar-refractivity contribution in [1.82, 2.24) is 10.6 Å². The van der Waals surface area contributed by atoms with Gasteiger partial charge in [0, 0.05) is 12.7 Å². The molecule has 0 amide bonds. The van der Waals surface area contributed by atoms with Crippen molar-refractivity contribution in [2.24, 2.45) is 0 Å². The zero-order valence-corrected chi connectivity index (χ0v) is 13.7. The van der Waals surface area contributed by atoms with Crippen LogP contribution >= 0.6 is 0 Å². The summed E-state index contributed by atoms with van der Waals surface area (Å²) in [5.41, 5.74) is 0.0582. The molecule has 7 nitrogen and oxygen atoms in total. The van der Waals surface area contributed by atoms with Crippen LogP contribution in [0.25, 0.3) is 0 Å². The van der Waals surface area contributed by atoms with E-state index >= 15 is 0 Å². The summed E-state index contributed by atoms with van der Waals surface area (Å²) in [5, 5.41) is 17.8. The van der Waals surface area contributed by atoms with Crippen LogP contribution in [0, 0.1) is 0 Å². The third kappa shape index (κ3) is 2.66. The Morgan fingerprint density at radius 3 is 2.62 bits per heavy atom. The summed E-state index contributed by atoms with van der Waals surface area (Å²) in [7, 11) is 1.58. The van der Waals surface area contributed by atoms with Crippen LogP contribution in [0.2, 0.25) is 0 Å². The number of methoxy groups -OCH3 is 1. The summed E-state index contributed by atoms with van der Waals surface area (Å²) in [6, 6.07) is 9.72. The molecule has 3 N–H and O–H groups in total. The molecule has 0 bridgehead atoms. The average Bonchev–Trinajstić information content (AvgIpc) is 2.66. The number of aliphatic hydroxyl groups is 1. The maximum Gasteiger partial charge on any atom is 0.192 e. The van der Waals surface area contributed by atoms with Gasteiger partial charge in [-0.25, -0.2) is 0 Å². The number of fused-ring (bicyclic) bond motifs is 1. The Labute approximate surface area is 141 Å². The highest BCUT2D eigenvalue weighted by Gasteiger charge is 2.59. The molecule has 1 aromatic carbocycles. The summed E-state index contributed by atoms with van der Waals surface area (Å²) in [6.07, 6.45) is -1.85. The Morgan fingerprint density at radius 2 is 1.92 bits per heavy atom. The van der Waals surface area contributed by atoms with Crippen LogP contribution < -0.4 is 10.6 Å². The van der Waals surface area contributed by atoms with Crippen LogP contribution in [0.5, 0.6) is 0 Å². The molecule has 0 aliphatic carbocycles. The topological polar surface area (TPSA) is 81.2 Å². The lowest BCUT2D eigenvalue weighted by Gasteiger charge is -2.55. The van der Waals surface area contributed by atoms with Gasteiger partial charge in [-0.2, -0.15) is 0 Å². The van der Waals surface area contributed by atoms with E-state index in [4.69, 9.17) is 18.9 Å². The van der Waals surface area contributed by atoms with Crippen LogP contribution in [0.1, 0.15) is 18.3 Å². The lowest BCUT2D eigenvalue weighted by molar-refractivity contribution is -0.363. The number of rotatable bonds is 2. The molecule has 7 heteroatoms. The summed E-state index contributed by atoms with van der Waals surface area (Å²) in [5.74, 6) is 0. The first-order valence-corrected chi connectivity index (χ1v) is 8.43. The van der Waals surface area contributed by atoms with E-state index in [-0.39, 0.29) is 6.10 Å². The second-order valence-corrected chi connectivity index (χ2v) is 6.44. The number of hydrogen-bond acceptors (Lipinski definition) is 7. The van der Waals surface area contributed by atoms with Crippen molar-refractivity contribution in [3.05, 3.63) is 35.9 Å². The normalized spacial score (nSPS) is 38.7. The Kier molecular flexibility index (Phi) is 4.57. The van der Waals surface area contributed by atoms with E-state index in [1.54, 1.807) is 7.11 Å². The van der Waals surface area contributed by atoms with Gasteiger partial charge in [-0.1, -0.05) is 30.3 Å². The van der Waals surface area contributed by atoms with Crippen molar-refractivity contribution in [1.29, 1.82) is 0 Å². The minimum Gasteiger partial charge on any atom is -0.387 e. The van der Waals surface area contributed by atoms with Crippen molar-refractivity contribution in [3.63, 3.8) is 0 Å². The van der Waals surface area contributed by atoms with Crippen LogP contribution in [0.4, 0.5) is 0 Å². The number of ether oxygens (including phenoxy) is 4. The quantitative estimate of drug-likeness (QED) is 0.707. The molecular formula is C17H24N2O5. The molecular weight excluding hydrogens is 312 g/mol. The van der Waals surface area contributed by atoms with Gasteiger partial charge in [0.05, 0.1) is 6.61 Å². The van der Waals surface area contributed by atoms with E-state index in [1.807, 2.05) is 30.3 Å². The lowest BCUT2D eigenvalue weighted by Crippen LogP contribution is -2.81. The highest BCUT2D eigenvalue weighted by atomic mass is 16.7. The average molecular weight is 336 g/mol. The van der Waals surface area contributed by atoms with Crippen LogP contribution in [0.3, 0.4) is 0 Å². The zero-order valence-electron chi connectivity index (χ0n) is 13.7. The molecule has 3 aliphatic heterocycles. The standard InChI is InChI=1S/C17H24N2O5/c1-21-16-17(18-8-5-9-19-17)14(20)13-12(23-16)10-22-15(24-13)11-6-3-2-4-7-11/h2-4,6-7,12-16,18-20H,5,8-10H2,1H3/t12-,13-,14+,15?,16-/m1/s1. The first kappa shape index (κ1) is 16.4. The number of benzene rings is 1. The van der Waals surface area contributed by atoms with Gasteiger partial charge in [0.15, 0.2) is 18.2 Å². The summed E-state index contributed by atoms with van der Waals surface area (Å²) in [6.45, 7) is 1.91. The third-order valence-corrected chi connectivity index (χ3v) is 4.98. The predicted octanol–water partition coefficient (Wildman–Crippen LogP) is 0.112. The van der Waals surface area contributed by atoms with E-state index in [0.717, 1.165) is 25.1 Å². The molecule has 0 aromatic heterocycles. The van der Waals surface area contributed by atoms with E-state index < -0.39 is 30.5 Å². The molecule has 132 valence electrons. The number of hydrogen-bond donors (Lipinski definition) is 3. The molecule has 3 aliphatic rings. The van der Waals surface area contributed by atoms with Crippen molar-refractivity contribution in [2.75, 3.05) is 26.8 Å². The van der Waals surface area contributed by atoms with Crippen molar-refractivity contribution in [3.8, 4) is 0 Å². The molecule has 24 heavy (non-hydrogen) atoms. The summed E-state index contributed by atoms with van der Waals surface area (Å²) in [4.78, 5) is 0. The fraction of sp³-hybridized carbons (Fsp3) is 0.647.